The van der Waals surface area contributed by atoms with Gasteiger partial charge >= 0.3 is 91.7 Å². The Bertz CT molecular complexity index is 252. The fraction of sp³-hybridized carbons (Fsp3) is 0.286. The summed E-state index contributed by atoms with van der Waals surface area (Å²) in [5.74, 6) is 0.718. The fourth-order valence-electron chi connectivity index (χ4n) is 0.834. The number of ether oxygens (including phenoxy) is 1. The van der Waals surface area contributed by atoms with Gasteiger partial charge in [0.15, 0.2) is 0 Å². The molecule has 64 valence electrons. The Morgan fingerprint density at radius 1 is 1.46 bits per heavy atom. The zero-order valence-electron chi connectivity index (χ0n) is 7.97. The van der Waals surface area contributed by atoms with Gasteiger partial charge in [-0.25, -0.2) is 0 Å². The van der Waals surface area contributed by atoms with Crippen molar-refractivity contribution in [3.05, 3.63) is 17.8 Å². The number of hydrogen-bond donors (Lipinski definition) is 0. The average molecular weight is 269 g/mol. The molecular weight excluding hydrogens is 261 g/mol. The number of halogens is 2. The molecule has 2 nitrogen and oxygen atoms in total. The van der Waals surface area contributed by atoms with Crippen molar-refractivity contribution in [1.82, 2.24) is 4.98 Å². The van der Waals surface area contributed by atoms with Crippen molar-refractivity contribution in [2.45, 2.75) is 6.92 Å². The van der Waals surface area contributed by atoms with E-state index in [9.17, 15) is 0 Å². The second-order valence-corrected chi connectivity index (χ2v) is 2.99. The van der Waals surface area contributed by atoms with E-state index in [1.54, 1.807) is 7.11 Å². The molecule has 0 N–H and O–H groups in total. The van der Waals surface area contributed by atoms with Gasteiger partial charge in [0.25, 0.3) is 0 Å². The molecule has 0 amide bonds. The third-order valence-corrected chi connectivity index (χ3v) is 1.67. The van der Waals surface area contributed by atoms with Crippen LogP contribution in [0.1, 0.15) is 5.56 Å². The van der Waals surface area contributed by atoms with Crippen LogP contribution in [-0.2, 0) is 0 Å². The van der Waals surface area contributed by atoms with Gasteiger partial charge < -0.3 is 29.4 Å². The first-order valence-corrected chi connectivity index (χ1v) is 3.77. The minimum atomic E-state index is 0. The van der Waals surface area contributed by atoms with Gasteiger partial charge in [-0.05, 0) is 0 Å². The third kappa shape index (κ3) is 6.21. The smallest absolute Gasteiger partial charge is 1.00 e. The summed E-state index contributed by atoms with van der Waals surface area (Å²) >= 11 is 1.82. The molecule has 13 heavy (non-hydrogen) atoms. The normalized spacial score (nSPS) is 7.38. The van der Waals surface area contributed by atoms with Gasteiger partial charge in [0.1, 0.15) is 0 Å². The minimum Gasteiger partial charge on any atom is -1.00 e. The van der Waals surface area contributed by atoms with E-state index in [1.165, 1.54) is 3.69 Å². The number of nitrogens with zero attached hydrogens (tertiary/aromatic N) is 1. The van der Waals surface area contributed by atoms with Crippen molar-refractivity contribution in [3.8, 4) is 5.88 Å². The van der Waals surface area contributed by atoms with Crippen LogP contribution in [0.3, 0.4) is 0 Å². The zero-order chi connectivity index (χ0) is 7.56. The molecule has 0 aliphatic heterocycles. The van der Waals surface area contributed by atoms with Gasteiger partial charge in [-0.15, -0.1) is 0 Å². The Morgan fingerprint density at radius 3 is 2.38 bits per heavy atom. The summed E-state index contributed by atoms with van der Waals surface area (Å²) in [6.45, 7) is 1.99. The molecule has 0 unspecified atom stereocenters. The Morgan fingerprint density at radius 2 is 2.00 bits per heavy atom. The molecule has 1 rings (SSSR count). The van der Waals surface area contributed by atoms with Crippen molar-refractivity contribution in [1.29, 1.82) is 0 Å². The van der Waals surface area contributed by atoms with Crippen LogP contribution in [0.5, 0.6) is 5.88 Å². The number of aryl methyl sites for hydroxylation is 1. The Balaban J connectivity index is -0.000000333. The molecule has 1 aromatic heterocycles. The Labute approximate surface area is 120 Å². The summed E-state index contributed by atoms with van der Waals surface area (Å²) < 4.78 is 6.18. The van der Waals surface area contributed by atoms with E-state index in [-0.39, 0.29) is 48.2 Å². The monoisotopic (exact) mass is 267 g/mol. The summed E-state index contributed by atoms with van der Waals surface area (Å²) in [5, 5.41) is 0. The van der Waals surface area contributed by atoms with E-state index in [4.69, 9.17) is 4.74 Å². The summed E-state index contributed by atoms with van der Waals surface area (Å²) in [6, 6.07) is 2.06. The van der Waals surface area contributed by atoms with E-state index in [0.29, 0.717) is 0 Å². The molecule has 0 atom stereocenters. The second-order valence-electron chi connectivity index (χ2n) is 2.17. The van der Waals surface area contributed by atoms with E-state index in [0.717, 1.165) is 11.4 Å². The molecule has 0 radical (unpaired) electrons. The van der Waals surface area contributed by atoms with Crippen LogP contribution in [0.4, 0.5) is 0 Å². The van der Waals surface area contributed by atoms with Crippen molar-refractivity contribution in [2.75, 3.05) is 7.11 Å². The summed E-state index contributed by atoms with van der Waals surface area (Å²) in [7, 11) is 1.63. The predicted octanol–water partition coefficient (Wildman–Crippen LogP) is -8.80. The summed E-state index contributed by atoms with van der Waals surface area (Å²) in [5.41, 5.74) is 1.09. The van der Waals surface area contributed by atoms with E-state index < -0.39 is 0 Å². The first kappa shape index (κ1) is 19.6. The van der Waals surface area contributed by atoms with Gasteiger partial charge in [-0.2, -0.15) is 0 Å². The van der Waals surface area contributed by atoms with Gasteiger partial charge in [0.2, 0.25) is 0 Å². The molecule has 0 aromatic carbocycles. The van der Waals surface area contributed by atoms with Crippen LogP contribution in [0.2, 0.25) is 0 Å². The summed E-state index contributed by atoms with van der Waals surface area (Å²) in [6.07, 6.45) is 1.81. The van der Waals surface area contributed by atoms with Crippen LogP contribution in [0.25, 0.3) is 0 Å². The second kappa shape index (κ2) is 9.63. The van der Waals surface area contributed by atoms with Crippen molar-refractivity contribution in [3.63, 3.8) is 0 Å². The first-order valence-electron chi connectivity index (χ1n) is 3.06. The number of aromatic nitrogens is 1. The molecule has 1 aromatic rings. The molecule has 0 aliphatic rings. The largest absolute Gasteiger partial charge is 1.00 e. The number of pyridine rings is 1. The van der Waals surface area contributed by atoms with Crippen LogP contribution >= 0.6 is 0 Å². The van der Waals surface area contributed by atoms with Gasteiger partial charge in [-0.3, -0.25) is 0 Å². The minimum absolute atomic E-state index is 0. The van der Waals surface area contributed by atoms with E-state index >= 15 is 0 Å². The topological polar surface area (TPSA) is 22.1 Å². The molecular formula is C7H8BrClLiMgNO. The maximum Gasteiger partial charge on any atom is 1.00 e. The van der Waals surface area contributed by atoms with E-state index in [2.05, 4.69) is 11.1 Å². The molecule has 0 bridgehead atoms. The van der Waals surface area contributed by atoms with Gasteiger partial charge in [0.05, 0.1) is 0 Å². The number of hydrogen-bond acceptors (Lipinski definition) is 2. The maximum atomic E-state index is 4.99. The molecule has 6 heteroatoms. The van der Waals surface area contributed by atoms with Crippen LogP contribution in [-0.4, -0.2) is 33.8 Å². The maximum absolute atomic E-state index is 4.99. The van der Waals surface area contributed by atoms with Crippen molar-refractivity contribution >= 4 is 25.4 Å². The molecule has 0 saturated carbocycles. The molecule has 0 aliphatic carbocycles. The van der Waals surface area contributed by atoms with Crippen LogP contribution in [0.15, 0.2) is 12.3 Å². The predicted molar refractivity (Wildman–Crippen MR) is 40.9 cm³/mol. The standard InChI is InChI=1S/C7H8NO.BrH.ClH.Li.Mg/c1-6-4-3-5-8-7(6)9-2;;;;/h4-5H,1-2H3;2*1H;;/q;;;2*+1/p-2. The van der Waals surface area contributed by atoms with E-state index in [1.807, 2.05) is 34.8 Å². The van der Waals surface area contributed by atoms with Gasteiger partial charge in [-0.1, -0.05) is 0 Å². The molecule has 0 saturated heterocycles. The SMILES string of the molecule is COc1nc[c]([Mg+])cc1C.[Br-].[Cl-].[Li+]. The summed E-state index contributed by atoms with van der Waals surface area (Å²) in [4.78, 5) is 4.08. The molecule has 0 spiro atoms. The molecule has 0 fully saturated rings. The van der Waals surface area contributed by atoms with Crippen molar-refractivity contribution < 1.29 is 53.0 Å². The fourth-order valence-corrected chi connectivity index (χ4v) is 1.23. The van der Waals surface area contributed by atoms with Crippen LogP contribution < -0.4 is 56.7 Å². The Kier molecular flexibility index (Phi) is 14.5. The van der Waals surface area contributed by atoms with Crippen molar-refractivity contribution in [2.24, 2.45) is 0 Å². The zero-order valence-corrected chi connectivity index (χ0v) is 11.7. The average Bonchev–Trinajstić information content (AvgIpc) is 1.88. The number of rotatable bonds is 1. The van der Waals surface area contributed by atoms with Crippen LogP contribution in [0, 0.1) is 6.92 Å². The molecule has 1 heterocycles. The van der Waals surface area contributed by atoms with Gasteiger partial charge in [0, 0.05) is 0 Å². The quantitative estimate of drug-likeness (QED) is 0.472. The third-order valence-electron chi connectivity index (χ3n) is 1.28. The Hall–Kier alpha value is 1.08. The number of methoxy groups -OCH3 is 1. The first-order chi connectivity index (χ1) is 4.74.